The van der Waals surface area contributed by atoms with Gasteiger partial charge in [-0.1, -0.05) is 0 Å². The van der Waals surface area contributed by atoms with Crippen LogP contribution in [0.2, 0.25) is 0 Å². The van der Waals surface area contributed by atoms with Gasteiger partial charge >= 0.3 is 5.97 Å². The lowest BCUT2D eigenvalue weighted by Crippen LogP contribution is -2.46. The molecule has 2 heterocycles. The summed E-state index contributed by atoms with van der Waals surface area (Å²) in [4.78, 5) is 10.9. The Morgan fingerprint density at radius 1 is 1.24 bits per heavy atom. The Morgan fingerprint density at radius 3 is 2.60 bits per heavy atom. The molecule has 144 valence electrons. The van der Waals surface area contributed by atoms with Crippen molar-refractivity contribution in [2.45, 2.75) is 49.7 Å². The Bertz CT molecular complexity index is 481. The molecule has 0 bridgehead atoms. The lowest BCUT2D eigenvalue weighted by molar-refractivity contribution is -0.237. The minimum atomic E-state index is -1.37. The van der Waals surface area contributed by atoms with E-state index in [1.54, 1.807) is 0 Å². The molecule has 6 N–H and O–H groups in total. The van der Waals surface area contributed by atoms with Crippen LogP contribution in [0.1, 0.15) is 12.8 Å². The zero-order chi connectivity index (χ0) is 18.6. The normalized spacial score (nSPS) is 38.8. The summed E-state index contributed by atoms with van der Waals surface area (Å²) < 4.78 is 15.5. The fourth-order valence-electron chi connectivity index (χ4n) is 2.82. The number of aliphatic hydroxyl groups is 5. The molecule has 2 aliphatic rings. The lowest BCUT2D eigenvalue weighted by Gasteiger charge is -2.36. The Kier molecular flexibility index (Phi) is 7.14. The van der Waals surface area contributed by atoms with E-state index in [2.05, 4.69) is 0 Å². The highest BCUT2D eigenvalue weighted by molar-refractivity contribution is 5.84. The number of carbonyl (C=O) groups is 1. The molecule has 0 radical (unpaired) electrons. The smallest absolute Gasteiger partial charge is 0.370 e. The fourth-order valence-corrected chi connectivity index (χ4v) is 2.82. The van der Waals surface area contributed by atoms with Crippen LogP contribution < -0.4 is 0 Å². The van der Waals surface area contributed by atoms with Crippen LogP contribution in [0.3, 0.4) is 0 Å². The predicted octanol–water partition coefficient (Wildman–Crippen LogP) is -2.44. The number of carboxylic acid groups (broad SMARTS) is 1. The molecule has 2 rings (SSSR count). The molecule has 0 aromatic rings. The molecule has 7 atom stereocenters. The molecule has 0 aliphatic carbocycles. The van der Waals surface area contributed by atoms with Crippen molar-refractivity contribution in [3.05, 3.63) is 11.8 Å². The van der Waals surface area contributed by atoms with Crippen LogP contribution in [0.15, 0.2) is 11.8 Å². The third-order valence-electron chi connectivity index (χ3n) is 4.33. The topological polar surface area (TPSA) is 166 Å². The van der Waals surface area contributed by atoms with Gasteiger partial charge in [-0.3, -0.25) is 0 Å². The van der Waals surface area contributed by atoms with Crippen molar-refractivity contribution in [3.8, 4) is 0 Å². The number of aliphatic hydroxyl groups excluding tert-OH is 5. The minimum absolute atomic E-state index is 0.135. The maximum Gasteiger partial charge on any atom is 0.370 e. The van der Waals surface area contributed by atoms with Crippen LogP contribution in [0, 0.1) is 5.92 Å². The molecule has 5 unspecified atom stereocenters. The molecule has 1 saturated heterocycles. The molecule has 0 spiro atoms. The number of rotatable bonds is 7. The van der Waals surface area contributed by atoms with Crippen LogP contribution in [0.25, 0.3) is 0 Å². The lowest BCUT2D eigenvalue weighted by atomic mass is 9.92. The van der Waals surface area contributed by atoms with Crippen LogP contribution >= 0.6 is 0 Å². The zero-order valence-electron chi connectivity index (χ0n) is 13.5. The van der Waals surface area contributed by atoms with Crippen LogP contribution in [0.5, 0.6) is 0 Å². The molecule has 0 amide bonds. The maximum absolute atomic E-state index is 10.9. The van der Waals surface area contributed by atoms with Crippen molar-refractivity contribution in [2.24, 2.45) is 5.92 Å². The highest BCUT2D eigenvalue weighted by atomic mass is 16.6. The van der Waals surface area contributed by atoms with Gasteiger partial charge in [0.15, 0.2) is 12.4 Å². The molecule has 0 saturated carbocycles. The molecular weight excluding hydrogens is 340 g/mol. The van der Waals surface area contributed by atoms with Gasteiger partial charge < -0.3 is 44.8 Å². The summed E-state index contributed by atoms with van der Waals surface area (Å²) in [6, 6.07) is 0. The Balaban J connectivity index is 1.76. The van der Waals surface area contributed by atoms with Gasteiger partial charge in [-0.15, -0.1) is 0 Å². The zero-order valence-corrected chi connectivity index (χ0v) is 13.5. The van der Waals surface area contributed by atoms with Gasteiger partial charge in [-0.25, -0.2) is 4.79 Å². The number of hydrogen-bond acceptors (Lipinski definition) is 9. The van der Waals surface area contributed by atoms with Crippen molar-refractivity contribution in [1.29, 1.82) is 0 Å². The van der Waals surface area contributed by atoms with Gasteiger partial charge in [0.25, 0.3) is 0 Å². The van der Waals surface area contributed by atoms with E-state index in [0.29, 0.717) is 6.42 Å². The minimum Gasteiger partial charge on any atom is -0.478 e. The fraction of sp³-hybridized carbons (Fsp3) is 0.800. The van der Waals surface area contributed by atoms with Crippen LogP contribution in [0.4, 0.5) is 0 Å². The van der Waals surface area contributed by atoms with Crippen LogP contribution in [-0.4, -0.2) is 93.2 Å². The average molecular weight is 364 g/mol. The highest BCUT2D eigenvalue weighted by Crippen LogP contribution is 2.27. The second kappa shape index (κ2) is 8.90. The largest absolute Gasteiger partial charge is 0.478 e. The van der Waals surface area contributed by atoms with E-state index in [1.165, 1.54) is 0 Å². The molecule has 10 nitrogen and oxygen atoms in total. The van der Waals surface area contributed by atoms with E-state index < -0.39 is 54.5 Å². The van der Waals surface area contributed by atoms with Gasteiger partial charge in [0, 0.05) is 12.5 Å². The monoisotopic (exact) mass is 364 g/mol. The summed E-state index contributed by atoms with van der Waals surface area (Å²) in [6.07, 6.45) is -5.08. The highest BCUT2D eigenvalue weighted by Gasteiger charge is 2.37. The summed E-state index contributed by atoms with van der Waals surface area (Å²) in [5, 5.41) is 56.9. The molecule has 0 aromatic heterocycles. The van der Waals surface area contributed by atoms with Gasteiger partial charge in [0.1, 0.15) is 18.3 Å². The van der Waals surface area contributed by atoms with Crippen molar-refractivity contribution >= 4 is 5.97 Å². The van der Waals surface area contributed by atoms with E-state index in [4.69, 9.17) is 24.4 Å². The standard InChI is InChI=1S/C15H24O10/c16-5-11-8(17)3-7(15(22)25-11)1-2-23-6-12-13(19)9(18)4-10(24-12)14(20)21/h4,7-9,11-13,15-19,22H,1-3,5-6H2,(H,20,21)/t7?,8-,9?,11?,12?,13?,15+/m0/s1. The summed E-state index contributed by atoms with van der Waals surface area (Å²) in [6.45, 7) is -0.412. The van der Waals surface area contributed by atoms with E-state index in [-0.39, 0.29) is 26.2 Å². The molecule has 1 fully saturated rings. The predicted molar refractivity (Wildman–Crippen MR) is 80.1 cm³/mol. The quantitative estimate of drug-likeness (QED) is 0.267. The first kappa shape index (κ1) is 20.0. The van der Waals surface area contributed by atoms with Crippen molar-refractivity contribution in [1.82, 2.24) is 0 Å². The first-order chi connectivity index (χ1) is 11.8. The van der Waals surface area contributed by atoms with E-state index in [1.807, 2.05) is 0 Å². The summed E-state index contributed by atoms with van der Waals surface area (Å²) in [5.74, 6) is -2.21. The summed E-state index contributed by atoms with van der Waals surface area (Å²) >= 11 is 0. The number of ether oxygens (including phenoxy) is 3. The first-order valence-electron chi connectivity index (χ1n) is 8.01. The molecule has 10 heteroatoms. The third-order valence-corrected chi connectivity index (χ3v) is 4.33. The molecule has 0 aromatic carbocycles. The first-order valence-corrected chi connectivity index (χ1v) is 8.01. The van der Waals surface area contributed by atoms with Crippen LogP contribution in [-0.2, 0) is 19.0 Å². The molecular formula is C15H24O10. The second-order valence-corrected chi connectivity index (χ2v) is 6.15. The number of carboxylic acids is 1. The Labute approximate surface area is 143 Å². The van der Waals surface area contributed by atoms with Crippen molar-refractivity contribution in [3.63, 3.8) is 0 Å². The molecule has 2 aliphatic heterocycles. The summed E-state index contributed by atoms with van der Waals surface area (Å²) in [7, 11) is 0. The van der Waals surface area contributed by atoms with E-state index >= 15 is 0 Å². The third kappa shape index (κ3) is 5.11. The number of aliphatic carboxylic acids is 1. The average Bonchev–Trinajstić information content (AvgIpc) is 2.57. The summed E-state index contributed by atoms with van der Waals surface area (Å²) in [5.41, 5.74) is 0. The number of hydrogen-bond donors (Lipinski definition) is 6. The van der Waals surface area contributed by atoms with Gasteiger partial charge in [-0.2, -0.15) is 0 Å². The van der Waals surface area contributed by atoms with Gasteiger partial charge in [0.05, 0.1) is 19.3 Å². The van der Waals surface area contributed by atoms with E-state index in [0.717, 1.165) is 6.08 Å². The van der Waals surface area contributed by atoms with Gasteiger partial charge in [0.2, 0.25) is 5.76 Å². The van der Waals surface area contributed by atoms with Crippen molar-refractivity contribution in [2.75, 3.05) is 19.8 Å². The maximum atomic E-state index is 10.9. The SMILES string of the molecule is O=C(O)C1=CC(O)C(O)C(COCCC2C[C@H](O)C(CO)O[C@H]2O)O1. The van der Waals surface area contributed by atoms with Crippen molar-refractivity contribution < 1.29 is 49.6 Å². The van der Waals surface area contributed by atoms with E-state index in [9.17, 15) is 25.2 Å². The van der Waals surface area contributed by atoms with Gasteiger partial charge in [-0.05, 0) is 18.9 Å². The molecule has 25 heavy (non-hydrogen) atoms. The Morgan fingerprint density at radius 2 is 1.96 bits per heavy atom. The Hall–Kier alpha value is -1.27. The second-order valence-electron chi connectivity index (χ2n) is 6.15.